The molecule has 0 saturated carbocycles. The first-order valence-electron chi connectivity index (χ1n) is 8.69. The maximum Gasteiger partial charge on any atom is 0.270 e. The summed E-state index contributed by atoms with van der Waals surface area (Å²) in [6.45, 7) is 5.01. The number of carbonyl (C=O) groups is 1. The van der Waals surface area contributed by atoms with E-state index in [1.807, 2.05) is 32.0 Å². The van der Waals surface area contributed by atoms with Crippen molar-refractivity contribution >= 4 is 11.9 Å². The van der Waals surface area contributed by atoms with Gasteiger partial charge in [0.05, 0.1) is 13.7 Å². The van der Waals surface area contributed by atoms with Crippen LogP contribution in [0.15, 0.2) is 24.3 Å². The van der Waals surface area contributed by atoms with Gasteiger partial charge in [-0.05, 0) is 30.0 Å². The highest BCUT2D eigenvalue weighted by atomic mass is 16.5. The van der Waals surface area contributed by atoms with Crippen LogP contribution < -0.4 is 20.5 Å². The molecule has 0 fully saturated rings. The minimum Gasteiger partial charge on any atom is -0.493 e. The van der Waals surface area contributed by atoms with E-state index in [1.54, 1.807) is 13.2 Å². The average molecular weight is 356 g/mol. The summed E-state index contributed by atoms with van der Waals surface area (Å²) in [5, 5.41) is 2.93. The molecule has 2 aromatic rings. The standard InChI is InChI=1S/C19H24N4O3/c1-11(2)14-8-15(23-19(20)22-14)18(24)21-9-12-7-13-5-4-6-16(25-3)17(13)26-10-12/h4-6,8,11-12H,7,9-10H2,1-3H3,(H,21,24)(H2,20,22,23). The molecule has 1 aromatic heterocycles. The monoisotopic (exact) mass is 356 g/mol. The predicted molar refractivity (Wildman–Crippen MR) is 98.5 cm³/mol. The van der Waals surface area contributed by atoms with Gasteiger partial charge >= 0.3 is 0 Å². The summed E-state index contributed by atoms with van der Waals surface area (Å²) in [5.41, 5.74) is 7.85. The number of nitrogens with one attached hydrogen (secondary N) is 1. The second-order valence-corrected chi connectivity index (χ2v) is 6.73. The Hall–Kier alpha value is -2.83. The molecule has 2 heterocycles. The number of ether oxygens (including phenoxy) is 2. The number of aromatic nitrogens is 2. The maximum absolute atomic E-state index is 12.4. The van der Waals surface area contributed by atoms with Crippen LogP contribution in [-0.4, -0.2) is 36.1 Å². The van der Waals surface area contributed by atoms with Crippen molar-refractivity contribution in [1.82, 2.24) is 15.3 Å². The molecule has 0 aliphatic carbocycles. The lowest BCUT2D eigenvalue weighted by atomic mass is 9.96. The second kappa shape index (κ2) is 7.59. The average Bonchev–Trinajstić information content (AvgIpc) is 2.64. The molecule has 7 heteroatoms. The van der Waals surface area contributed by atoms with Crippen molar-refractivity contribution in [3.05, 3.63) is 41.2 Å². The van der Waals surface area contributed by atoms with Crippen molar-refractivity contribution in [2.24, 2.45) is 5.92 Å². The normalized spacial score (nSPS) is 15.9. The van der Waals surface area contributed by atoms with Crippen LogP contribution in [0.25, 0.3) is 0 Å². The smallest absolute Gasteiger partial charge is 0.270 e. The Labute approximate surface area is 152 Å². The maximum atomic E-state index is 12.4. The van der Waals surface area contributed by atoms with Gasteiger partial charge in [-0.15, -0.1) is 0 Å². The van der Waals surface area contributed by atoms with E-state index in [0.29, 0.717) is 18.8 Å². The van der Waals surface area contributed by atoms with Gasteiger partial charge in [0.1, 0.15) is 5.69 Å². The Balaban J connectivity index is 1.64. The number of rotatable bonds is 5. The summed E-state index contributed by atoms with van der Waals surface area (Å²) >= 11 is 0. The molecule has 3 N–H and O–H groups in total. The van der Waals surface area contributed by atoms with Gasteiger partial charge in [-0.3, -0.25) is 4.79 Å². The van der Waals surface area contributed by atoms with Crippen LogP contribution in [0.4, 0.5) is 5.95 Å². The number of methoxy groups -OCH3 is 1. The SMILES string of the molecule is COc1cccc2c1OCC(CNC(=O)c1cc(C(C)C)nc(N)n1)C2. The van der Waals surface area contributed by atoms with Crippen molar-refractivity contribution in [1.29, 1.82) is 0 Å². The van der Waals surface area contributed by atoms with Gasteiger partial charge in [0.15, 0.2) is 11.5 Å². The number of carbonyl (C=O) groups excluding carboxylic acids is 1. The van der Waals surface area contributed by atoms with Gasteiger partial charge in [-0.1, -0.05) is 26.0 Å². The van der Waals surface area contributed by atoms with Crippen LogP contribution >= 0.6 is 0 Å². The van der Waals surface area contributed by atoms with Crippen molar-refractivity contribution in [3.63, 3.8) is 0 Å². The van der Waals surface area contributed by atoms with Gasteiger partial charge in [-0.25, -0.2) is 9.97 Å². The molecule has 0 saturated heterocycles. The van der Waals surface area contributed by atoms with Crippen molar-refractivity contribution in [2.45, 2.75) is 26.2 Å². The number of nitrogens with two attached hydrogens (primary N) is 1. The number of hydrogen-bond donors (Lipinski definition) is 2. The lowest BCUT2D eigenvalue weighted by Crippen LogP contribution is -2.35. The molecule has 1 unspecified atom stereocenters. The molecule has 138 valence electrons. The number of nitrogens with zero attached hydrogens (tertiary/aromatic N) is 2. The summed E-state index contributed by atoms with van der Waals surface area (Å²) in [6.07, 6.45) is 0.815. The largest absolute Gasteiger partial charge is 0.493 e. The highest BCUT2D eigenvalue weighted by Gasteiger charge is 2.23. The zero-order chi connectivity index (χ0) is 18.7. The van der Waals surface area contributed by atoms with Crippen LogP contribution in [0.1, 0.15) is 41.5 Å². The molecule has 0 bridgehead atoms. The number of amides is 1. The number of benzene rings is 1. The third-order valence-electron chi connectivity index (χ3n) is 4.39. The molecule has 26 heavy (non-hydrogen) atoms. The van der Waals surface area contributed by atoms with Crippen LogP contribution in [0.3, 0.4) is 0 Å². The van der Waals surface area contributed by atoms with Gasteiger partial charge in [0.2, 0.25) is 5.95 Å². The third kappa shape index (κ3) is 3.87. The zero-order valence-corrected chi connectivity index (χ0v) is 15.3. The lowest BCUT2D eigenvalue weighted by Gasteiger charge is -2.26. The summed E-state index contributed by atoms with van der Waals surface area (Å²) < 4.78 is 11.2. The van der Waals surface area contributed by atoms with E-state index in [1.165, 1.54) is 0 Å². The number of fused-ring (bicyclic) bond motifs is 1. The fourth-order valence-electron chi connectivity index (χ4n) is 2.97. The predicted octanol–water partition coefficient (Wildman–Crippen LogP) is 2.17. The number of nitrogen functional groups attached to an aromatic ring is 1. The molecule has 1 amide bonds. The molecule has 3 rings (SSSR count). The first kappa shape index (κ1) is 18.0. The van der Waals surface area contributed by atoms with E-state index < -0.39 is 0 Å². The van der Waals surface area contributed by atoms with Gasteiger partial charge < -0.3 is 20.5 Å². The summed E-state index contributed by atoms with van der Waals surface area (Å²) in [4.78, 5) is 20.6. The Morgan fingerprint density at radius 2 is 2.23 bits per heavy atom. The van der Waals surface area contributed by atoms with E-state index in [9.17, 15) is 4.79 Å². The Bertz CT molecular complexity index is 807. The van der Waals surface area contributed by atoms with Gasteiger partial charge in [0.25, 0.3) is 5.91 Å². The van der Waals surface area contributed by atoms with Gasteiger partial charge in [-0.2, -0.15) is 0 Å². The molecule has 0 radical (unpaired) electrons. The summed E-state index contributed by atoms with van der Waals surface area (Å²) in [7, 11) is 1.63. The minimum atomic E-state index is -0.252. The minimum absolute atomic E-state index is 0.114. The fourth-order valence-corrected chi connectivity index (χ4v) is 2.97. The summed E-state index contributed by atoms with van der Waals surface area (Å²) in [6, 6.07) is 7.53. The molecule has 0 spiro atoms. The second-order valence-electron chi connectivity index (χ2n) is 6.73. The third-order valence-corrected chi connectivity index (χ3v) is 4.39. The molecule has 1 aliphatic rings. The molecule has 1 aromatic carbocycles. The van der Waals surface area contributed by atoms with Crippen molar-refractivity contribution in [2.75, 3.05) is 26.0 Å². The van der Waals surface area contributed by atoms with Crippen molar-refractivity contribution in [3.8, 4) is 11.5 Å². The fraction of sp³-hybridized carbons (Fsp3) is 0.421. The number of hydrogen-bond acceptors (Lipinski definition) is 6. The van der Waals surface area contributed by atoms with Crippen molar-refractivity contribution < 1.29 is 14.3 Å². The van der Waals surface area contributed by atoms with Crippen LogP contribution in [0.5, 0.6) is 11.5 Å². The van der Waals surface area contributed by atoms with E-state index in [-0.39, 0.29) is 23.7 Å². The number of anilines is 1. The van der Waals surface area contributed by atoms with Crippen LogP contribution in [0, 0.1) is 5.92 Å². The Kier molecular flexibility index (Phi) is 5.25. The molecule has 7 nitrogen and oxygen atoms in total. The van der Waals surface area contributed by atoms with E-state index in [4.69, 9.17) is 15.2 Å². The molecule has 1 aliphatic heterocycles. The van der Waals surface area contributed by atoms with Crippen LogP contribution in [0.2, 0.25) is 0 Å². The highest BCUT2D eigenvalue weighted by molar-refractivity contribution is 5.92. The summed E-state index contributed by atoms with van der Waals surface area (Å²) in [5.74, 6) is 1.75. The van der Waals surface area contributed by atoms with Crippen LogP contribution in [-0.2, 0) is 6.42 Å². The van der Waals surface area contributed by atoms with E-state index in [2.05, 4.69) is 15.3 Å². The first-order chi connectivity index (χ1) is 12.5. The first-order valence-corrected chi connectivity index (χ1v) is 8.69. The Morgan fingerprint density at radius 3 is 2.96 bits per heavy atom. The topological polar surface area (TPSA) is 99.4 Å². The zero-order valence-electron chi connectivity index (χ0n) is 15.3. The molecular formula is C19H24N4O3. The molecule has 1 atom stereocenters. The quantitative estimate of drug-likeness (QED) is 0.852. The lowest BCUT2D eigenvalue weighted by molar-refractivity contribution is 0.0933. The number of para-hydroxylation sites is 1. The van der Waals surface area contributed by atoms with E-state index >= 15 is 0 Å². The Morgan fingerprint density at radius 1 is 1.42 bits per heavy atom. The highest BCUT2D eigenvalue weighted by Crippen LogP contribution is 2.35. The molecular weight excluding hydrogens is 332 g/mol. The van der Waals surface area contributed by atoms with E-state index in [0.717, 1.165) is 29.2 Å². The van der Waals surface area contributed by atoms with Gasteiger partial charge in [0, 0.05) is 18.2 Å².